The van der Waals surface area contributed by atoms with Gasteiger partial charge in [0.2, 0.25) is 11.8 Å². The van der Waals surface area contributed by atoms with E-state index in [4.69, 9.17) is 4.42 Å². The Balaban J connectivity index is 1.71. The third kappa shape index (κ3) is 3.08. The number of para-hydroxylation sites is 1. The van der Waals surface area contributed by atoms with Gasteiger partial charge in [-0.15, -0.1) is 10.2 Å². The first-order valence-corrected chi connectivity index (χ1v) is 6.60. The Morgan fingerprint density at radius 1 is 1.05 bits per heavy atom. The van der Waals surface area contributed by atoms with Crippen LogP contribution in [-0.4, -0.2) is 10.2 Å². The molecule has 21 heavy (non-hydrogen) atoms. The van der Waals surface area contributed by atoms with E-state index >= 15 is 0 Å². The zero-order valence-electron chi connectivity index (χ0n) is 11.5. The molecule has 3 aromatic rings. The molecule has 3 rings (SSSR count). The van der Waals surface area contributed by atoms with Crippen LogP contribution < -0.4 is 5.32 Å². The van der Waals surface area contributed by atoms with Crippen LogP contribution in [0.1, 0.15) is 11.5 Å². The van der Waals surface area contributed by atoms with Crippen molar-refractivity contribution in [2.75, 3.05) is 5.32 Å². The van der Waals surface area contributed by atoms with E-state index in [-0.39, 0.29) is 12.4 Å². The molecular weight excluding hydrogens is 269 g/mol. The number of aryl methyl sites for hydroxylation is 1. The lowest BCUT2D eigenvalue weighted by Gasteiger charge is -2.03. The van der Waals surface area contributed by atoms with Crippen molar-refractivity contribution in [2.24, 2.45) is 0 Å². The molecule has 0 amide bonds. The van der Waals surface area contributed by atoms with E-state index in [9.17, 15) is 4.39 Å². The van der Waals surface area contributed by atoms with E-state index < -0.39 is 0 Å². The fourth-order valence-corrected chi connectivity index (χ4v) is 1.91. The summed E-state index contributed by atoms with van der Waals surface area (Å²) in [4.78, 5) is 0. The molecule has 0 fully saturated rings. The zero-order valence-corrected chi connectivity index (χ0v) is 11.5. The van der Waals surface area contributed by atoms with Gasteiger partial charge in [0.25, 0.3) is 0 Å². The van der Waals surface area contributed by atoms with Crippen molar-refractivity contribution >= 4 is 5.69 Å². The van der Waals surface area contributed by atoms with Crippen molar-refractivity contribution in [3.05, 3.63) is 65.8 Å². The van der Waals surface area contributed by atoms with Gasteiger partial charge in [0, 0.05) is 5.56 Å². The van der Waals surface area contributed by atoms with E-state index in [2.05, 4.69) is 15.5 Å². The Kier molecular flexibility index (Phi) is 3.64. The summed E-state index contributed by atoms with van der Waals surface area (Å²) in [5, 5.41) is 10.9. The van der Waals surface area contributed by atoms with E-state index in [1.165, 1.54) is 11.6 Å². The molecule has 0 bridgehead atoms. The van der Waals surface area contributed by atoms with Gasteiger partial charge in [-0.25, -0.2) is 4.39 Å². The summed E-state index contributed by atoms with van der Waals surface area (Å²) < 4.78 is 19.0. The maximum Gasteiger partial charge on any atom is 0.247 e. The molecule has 1 aromatic heterocycles. The number of hydrogen-bond donors (Lipinski definition) is 1. The Bertz CT molecular complexity index is 737. The molecule has 0 saturated heterocycles. The van der Waals surface area contributed by atoms with Gasteiger partial charge in [0.05, 0.1) is 12.2 Å². The minimum absolute atomic E-state index is 0.278. The normalized spacial score (nSPS) is 10.6. The molecule has 0 aliphatic heterocycles. The molecule has 0 radical (unpaired) electrons. The number of hydrogen-bond acceptors (Lipinski definition) is 4. The van der Waals surface area contributed by atoms with Gasteiger partial charge in [-0.2, -0.15) is 0 Å². The maximum absolute atomic E-state index is 13.5. The minimum Gasteiger partial charge on any atom is -0.419 e. The van der Waals surface area contributed by atoms with Crippen LogP contribution in [0.5, 0.6) is 0 Å². The first kappa shape index (κ1) is 13.3. The van der Waals surface area contributed by atoms with E-state index in [0.717, 1.165) is 5.56 Å². The number of anilines is 1. The molecule has 0 aliphatic rings. The lowest BCUT2D eigenvalue weighted by atomic mass is 10.1. The smallest absolute Gasteiger partial charge is 0.247 e. The molecule has 0 aliphatic carbocycles. The summed E-state index contributed by atoms with van der Waals surface area (Å²) in [6, 6.07) is 14.3. The van der Waals surface area contributed by atoms with Crippen LogP contribution >= 0.6 is 0 Å². The van der Waals surface area contributed by atoms with Crippen LogP contribution in [0.15, 0.2) is 52.9 Å². The lowest BCUT2D eigenvalue weighted by Crippen LogP contribution is -2.01. The second-order valence-corrected chi connectivity index (χ2v) is 4.70. The molecule has 2 aromatic carbocycles. The van der Waals surface area contributed by atoms with E-state index in [0.29, 0.717) is 17.5 Å². The highest BCUT2D eigenvalue weighted by molar-refractivity contribution is 5.53. The van der Waals surface area contributed by atoms with Crippen molar-refractivity contribution in [2.45, 2.75) is 13.5 Å². The van der Waals surface area contributed by atoms with Gasteiger partial charge < -0.3 is 9.73 Å². The molecule has 0 spiro atoms. The molecule has 0 atom stereocenters. The second-order valence-electron chi connectivity index (χ2n) is 4.70. The molecule has 106 valence electrons. The van der Waals surface area contributed by atoms with Crippen molar-refractivity contribution in [1.29, 1.82) is 0 Å². The van der Waals surface area contributed by atoms with Gasteiger partial charge in [-0.1, -0.05) is 29.8 Å². The minimum atomic E-state index is -0.309. The van der Waals surface area contributed by atoms with Crippen LogP contribution in [0.4, 0.5) is 10.1 Å². The Morgan fingerprint density at radius 3 is 2.57 bits per heavy atom. The fourth-order valence-electron chi connectivity index (χ4n) is 1.91. The van der Waals surface area contributed by atoms with Gasteiger partial charge in [0.15, 0.2) is 0 Å². The standard InChI is InChI=1S/C16H14FN3O/c1-11-6-8-12(9-7-11)16-20-19-15(21-16)10-18-14-5-3-2-4-13(14)17/h2-9,18H,10H2,1H3. The third-order valence-corrected chi connectivity index (χ3v) is 3.07. The third-order valence-electron chi connectivity index (χ3n) is 3.07. The summed E-state index contributed by atoms with van der Waals surface area (Å²) >= 11 is 0. The summed E-state index contributed by atoms with van der Waals surface area (Å²) in [6.45, 7) is 2.29. The lowest BCUT2D eigenvalue weighted by molar-refractivity contribution is 0.514. The Labute approximate surface area is 121 Å². The number of benzene rings is 2. The summed E-state index contributed by atoms with van der Waals surface area (Å²) in [7, 11) is 0. The quantitative estimate of drug-likeness (QED) is 0.791. The number of nitrogens with zero attached hydrogens (tertiary/aromatic N) is 2. The summed E-state index contributed by atoms with van der Waals surface area (Å²) in [5.41, 5.74) is 2.44. The second kappa shape index (κ2) is 5.75. The molecule has 0 saturated carbocycles. The fraction of sp³-hybridized carbons (Fsp3) is 0.125. The Hall–Kier alpha value is -2.69. The first-order valence-electron chi connectivity index (χ1n) is 6.60. The summed E-state index contributed by atoms with van der Waals surface area (Å²) in [5.74, 6) is 0.560. The van der Waals surface area contributed by atoms with Gasteiger partial charge in [0.1, 0.15) is 5.82 Å². The number of nitrogens with one attached hydrogen (secondary N) is 1. The van der Waals surface area contributed by atoms with Crippen LogP contribution in [0.2, 0.25) is 0 Å². The number of rotatable bonds is 4. The van der Waals surface area contributed by atoms with Crippen molar-refractivity contribution in [3.8, 4) is 11.5 Å². The highest BCUT2D eigenvalue weighted by Crippen LogP contribution is 2.19. The van der Waals surface area contributed by atoms with Crippen LogP contribution in [0.3, 0.4) is 0 Å². The van der Waals surface area contributed by atoms with Gasteiger partial charge in [-0.3, -0.25) is 0 Å². The highest BCUT2D eigenvalue weighted by Gasteiger charge is 2.09. The number of halogens is 1. The Morgan fingerprint density at radius 2 is 1.81 bits per heavy atom. The van der Waals surface area contributed by atoms with E-state index in [1.54, 1.807) is 18.2 Å². The first-order chi connectivity index (χ1) is 10.2. The van der Waals surface area contributed by atoms with Crippen LogP contribution in [-0.2, 0) is 6.54 Å². The zero-order chi connectivity index (χ0) is 14.7. The molecule has 5 heteroatoms. The SMILES string of the molecule is Cc1ccc(-c2nnc(CNc3ccccc3F)o2)cc1. The van der Waals surface area contributed by atoms with Crippen molar-refractivity contribution in [3.63, 3.8) is 0 Å². The van der Waals surface area contributed by atoms with E-state index in [1.807, 2.05) is 31.2 Å². The summed E-state index contributed by atoms with van der Waals surface area (Å²) in [6.07, 6.45) is 0. The predicted octanol–water partition coefficient (Wildman–Crippen LogP) is 3.80. The molecule has 4 nitrogen and oxygen atoms in total. The van der Waals surface area contributed by atoms with Crippen LogP contribution in [0.25, 0.3) is 11.5 Å². The number of aromatic nitrogens is 2. The van der Waals surface area contributed by atoms with Crippen molar-refractivity contribution < 1.29 is 8.81 Å². The monoisotopic (exact) mass is 283 g/mol. The van der Waals surface area contributed by atoms with Gasteiger partial charge >= 0.3 is 0 Å². The van der Waals surface area contributed by atoms with Gasteiger partial charge in [-0.05, 0) is 31.2 Å². The predicted molar refractivity (Wildman–Crippen MR) is 78.2 cm³/mol. The molecular formula is C16H14FN3O. The average molecular weight is 283 g/mol. The average Bonchev–Trinajstić information content (AvgIpc) is 2.96. The van der Waals surface area contributed by atoms with Crippen molar-refractivity contribution in [1.82, 2.24) is 10.2 Å². The highest BCUT2D eigenvalue weighted by atomic mass is 19.1. The molecule has 1 N–H and O–H groups in total. The maximum atomic E-state index is 13.5. The molecule has 0 unspecified atom stereocenters. The van der Waals surface area contributed by atoms with Crippen LogP contribution in [0, 0.1) is 12.7 Å². The topological polar surface area (TPSA) is 51.0 Å². The molecule has 1 heterocycles. The largest absolute Gasteiger partial charge is 0.419 e.